The van der Waals surface area contributed by atoms with E-state index < -0.39 is 0 Å². The standard InChI is InChI=1S/C30H39ClN4O2/c1-22-30(14-19-35(22)27-5-4-24(21-32)28(31)20-27)12-17-34(18-13-30)26-8-6-25(7-9-26)33-15-10-23(11-16-33)29(36-2)37-3/h4-9,20,22-23,29H,10-19H2,1-3H3. The smallest absolute Gasteiger partial charge is 0.159 e. The first-order chi connectivity index (χ1) is 18.0. The number of anilines is 3. The Hall–Kier alpha value is -2.46. The number of nitrogens with zero attached hydrogens (tertiary/aromatic N) is 4. The van der Waals surface area contributed by atoms with Crippen LogP contribution in [0.3, 0.4) is 0 Å². The van der Waals surface area contributed by atoms with Crippen LogP contribution in [0.5, 0.6) is 0 Å². The van der Waals surface area contributed by atoms with Gasteiger partial charge in [-0.3, -0.25) is 0 Å². The summed E-state index contributed by atoms with van der Waals surface area (Å²) in [5.41, 5.74) is 4.65. The number of ether oxygens (including phenoxy) is 2. The first-order valence-corrected chi connectivity index (χ1v) is 14.0. The van der Waals surface area contributed by atoms with Crippen molar-refractivity contribution >= 4 is 28.7 Å². The fourth-order valence-electron chi connectivity index (χ4n) is 6.87. The molecule has 0 amide bonds. The Morgan fingerprint density at radius 2 is 1.41 bits per heavy atom. The van der Waals surface area contributed by atoms with Gasteiger partial charge in [-0.1, -0.05) is 11.6 Å². The Bertz CT molecular complexity index is 1100. The molecule has 3 aliphatic heterocycles. The predicted octanol–water partition coefficient (Wildman–Crippen LogP) is 5.93. The number of piperidine rings is 2. The molecule has 0 radical (unpaired) electrons. The van der Waals surface area contributed by atoms with E-state index in [2.05, 4.69) is 52.0 Å². The van der Waals surface area contributed by atoms with E-state index in [1.807, 2.05) is 18.2 Å². The summed E-state index contributed by atoms with van der Waals surface area (Å²) >= 11 is 6.34. The number of hydrogen-bond donors (Lipinski definition) is 0. The third-order valence-corrected chi connectivity index (χ3v) is 9.65. The van der Waals surface area contributed by atoms with E-state index in [-0.39, 0.29) is 6.29 Å². The van der Waals surface area contributed by atoms with Gasteiger partial charge >= 0.3 is 0 Å². The minimum Gasteiger partial charge on any atom is -0.372 e. The fraction of sp³-hybridized carbons (Fsp3) is 0.567. The minimum atomic E-state index is -0.0940. The van der Waals surface area contributed by atoms with Crippen LogP contribution < -0.4 is 14.7 Å². The van der Waals surface area contributed by atoms with Crippen molar-refractivity contribution in [3.63, 3.8) is 0 Å². The van der Waals surface area contributed by atoms with Crippen molar-refractivity contribution in [3.8, 4) is 6.07 Å². The molecule has 3 heterocycles. The van der Waals surface area contributed by atoms with Crippen LogP contribution in [0.25, 0.3) is 0 Å². The van der Waals surface area contributed by atoms with Gasteiger partial charge in [-0.05, 0) is 86.9 Å². The van der Waals surface area contributed by atoms with Gasteiger partial charge < -0.3 is 24.2 Å². The topological polar surface area (TPSA) is 52.0 Å². The number of methoxy groups -OCH3 is 2. The van der Waals surface area contributed by atoms with Crippen LogP contribution in [0.4, 0.5) is 17.1 Å². The van der Waals surface area contributed by atoms with Crippen LogP contribution >= 0.6 is 11.6 Å². The molecule has 0 saturated carbocycles. The van der Waals surface area contributed by atoms with Crippen molar-refractivity contribution in [1.29, 1.82) is 5.26 Å². The van der Waals surface area contributed by atoms with Gasteiger partial charge in [0.05, 0.1) is 10.6 Å². The molecule has 3 saturated heterocycles. The lowest BCUT2D eigenvalue weighted by atomic mass is 9.73. The fourth-order valence-corrected chi connectivity index (χ4v) is 7.08. The van der Waals surface area contributed by atoms with E-state index in [1.54, 1.807) is 14.2 Å². The zero-order valence-electron chi connectivity index (χ0n) is 22.3. The van der Waals surface area contributed by atoms with Gasteiger partial charge in [0.2, 0.25) is 0 Å². The Balaban J connectivity index is 1.17. The molecule has 0 bridgehead atoms. The molecule has 2 aromatic carbocycles. The summed E-state index contributed by atoms with van der Waals surface area (Å²) in [5, 5.41) is 9.75. The highest BCUT2D eigenvalue weighted by molar-refractivity contribution is 6.32. The van der Waals surface area contributed by atoms with Crippen molar-refractivity contribution in [3.05, 3.63) is 53.1 Å². The normalized spacial score (nSPS) is 22.2. The highest BCUT2D eigenvalue weighted by Crippen LogP contribution is 2.47. The van der Waals surface area contributed by atoms with Crippen molar-refractivity contribution in [1.82, 2.24) is 0 Å². The molecule has 0 N–H and O–H groups in total. The van der Waals surface area contributed by atoms with Gasteiger partial charge in [0.25, 0.3) is 0 Å². The summed E-state index contributed by atoms with van der Waals surface area (Å²) in [6.07, 6.45) is 5.69. The van der Waals surface area contributed by atoms with Crippen molar-refractivity contribution < 1.29 is 9.47 Å². The average Bonchev–Trinajstić information content (AvgIpc) is 3.25. The van der Waals surface area contributed by atoms with Gasteiger partial charge in [-0.15, -0.1) is 0 Å². The Labute approximate surface area is 226 Å². The van der Waals surface area contributed by atoms with E-state index in [1.165, 1.54) is 30.6 Å². The van der Waals surface area contributed by atoms with Gasteiger partial charge in [0, 0.05) is 76.0 Å². The summed E-state index contributed by atoms with van der Waals surface area (Å²) < 4.78 is 11.0. The largest absolute Gasteiger partial charge is 0.372 e. The molecule has 0 aliphatic carbocycles. The van der Waals surface area contributed by atoms with Gasteiger partial charge in [0.1, 0.15) is 6.07 Å². The monoisotopic (exact) mass is 522 g/mol. The van der Waals surface area contributed by atoms with Crippen LogP contribution in [0, 0.1) is 22.7 Å². The lowest BCUT2D eigenvalue weighted by Crippen LogP contribution is -2.46. The highest BCUT2D eigenvalue weighted by atomic mass is 35.5. The number of hydrogen-bond acceptors (Lipinski definition) is 6. The van der Waals surface area contributed by atoms with Gasteiger partial charge in [0.15, 0.2) is 6.29 Å². The van der Waals surface area contributed by atoms with Crippen LogP contribution in [0.15, 0.2) is 42.5 Å². The van der Waals surface area contributed by atoms with Crippen LogP contribution in [-0.2, 0) is 9.47 Å². The molecule has 0 aromatic heterocycles. The molecule has 3 aliphatic rings. The second-order valence-electron chi connectivity index (χ2n) is 10.9. The summed E-state index contributed by atoms with van der Waals surface area (Å²) in [5.74, 6) is 0.467. The van der Waals surface area contributed by atoms with Gasteiger partial charge in [-0.25, -0.2) is 0 Å². The zero-order chi connectivity index (χ0) is 26.0. The maximum atomic E-state index is 9.21. The molecule has 6 nitrogen and oxygen atoms in total. The first-order valence-electron chi connectivity index (χ1n) is 13.6. The molecule has 1 spiro atoms. The molecule has 37 heavy (non-hydrogen) atoms. The molecule has 2 aromatic rings. The Kier molecular flexibility index (Phi) is 7.85. The van der Waals surface area contributed by atoms with Crippen LogP contribution in [0.1, 0.15) is 44.6 Å². The third-order valence-electron chi connectivity index (χ3n) is 9.34. The first kappa shape index (κ1) is 26.2. The number of benzene rings is 2. The molecular weight excluding hydrogens is 484 g/mol. The second-order valence-corrected chi connectivity index (χ2v) is 11.3. The number of nitriles is 1. The molecular formula is C30H39ClN4O2. The molecule has 5 rings (SSSR count). The highest BCUT2D eigenvalue weighted by Gasteiger charge is 2.46. The quantitative estimate of drug-likeness (QED) is 0.438. The van der Waals surface area contributed by atoms with Gasteiger partial charge in [-0.2, -0.15) is 5.26 Å². The van der Waals surface area contributed by atoms with E-state index in [9.17, 15) is 5.26 Å². The van der Waals surface area contributed by atoms with E-state index in [4.69, 9.17) is 21.1 Å². The summed E-state index contributed by atoms with van der Waals surface area (Å²) in [6.45, 7) is 7.67. The predicted molar refractivity (Wildman–Crippen MR) is 151 cm³/mol. The van der Waals surface area contributed by atoms with Crippen LogP contribution in [0.2, 0.25) is 5.02 Å². The van der Waals surface area contributed by atoms with E-state index >= 15 is 0 Å². The second kappa shape index (κ2) is 11.1. The third kappa shape index (κ3) is 5.14. The summed E-state index contributed by atoms with van der Waals surface area (Å²) in [6, 6.07) is 17.7. The van der Waals surface area contributed by atoms with Crippen molar-refractivity contribution in [2.24, 2.45) is 11.3 Å². The minimum absolute atomic E-state index is 0.0940. The summed E-state index contributed by atoms with van der Waals surface area (Å²) in [4.78, 5) is 7.52. The maximum Gasteiger partial charge on any atom is 0.159 e. The Morgan fingerprint density at radius 1 is 0.865 bits per heavy atom. The average molecular weight is 523 g/mol. The maximum absolute atomic E-state index is 9.21. The lowest BCUT2D eigenvalue weighted by molar-refractivity contribution is -0.141. The molecule has 1 atom stereocenters. The summed E-state index contributed by atoms with van der Waals surface area (Å²) in [7, 11) is 3.47. The molecule has 1 unspecified atom stereocenters. The van der Waals surface area contributed by atoms with Crippen molar-refractivity contribution in [2.45, 2.75) is 51.4 Å². The Morgan fingerprint density at radius 3 is 1.95 bits per heavy atom. The lowest BCUT2D eigenvalue weighted by Gasteiger charge is -2.44. The molecule has 7 heteroatoms. The van der Waals surface area contributed by atoms with Crippen molar-refractivity contribution in [2.75, 3.05) is 61.6 Å². The number of rotatable bonds is 6. The molecule has 198 valence electrons. The van der Waals surface area contributed by atoms with E-state index in [0.717, 1.165) is 51.3 Å². The zero-order valence-corrected chi connectivity index (χ0v) is 23.1. The SMILES string of the molecule is COC(OC)C1CCN(c2ccc(N3CCC4(CC3)CCN(c3ccc(C#N)c(Cl)c3)C4C)cc2)CC1. The van der Waals surface area contributed by atoms with Crippen LogP contribution in [-0.4, -0.2) is 59.3 Å². The van der Waals surface area contributed by atoms with E-state index in [0.29, 0.717) is 28.0 Å². The number of halogens is 1. The molecule has 3 fully saturated rings.